The highest BCUT2D eigenvalue weighted by Crippen LogP contribution is 2.34. The number of carbonyl (C=O) groups is 1. The highest BCUT2D eigenvalue weighted by molar-refractivity contribution is 8.14. The van der Waals surface area contributed by atoms with Gasteiger partial charge in [-0.2, -0.15) is 0 Å². The predicted octanol–water partition coefficient (Wildman–Crippen LogP) is 4.86. The SMILES string of the molecule is CCCC(N)(CC(C)CC)SC(=O)OCc1ccc([N+](=O)[O-])cc1. The van der Waals surface area contributed by atoms with Crippen molar-refractivity contribution in [2.45, 2.75) is 57.9 Å². The van der Waals surface area contributed by atoms with Crippen LogP contribution in [-0.4, -0.2) is 15.1 Å². The second kappa shape index (κ2) is 9.64. The van der Waals surface area contributed by atoms with E-state index in [0.29, 0.717) is 11.5 Å². The molecule has 134 valence electrons. The van der Waals surface area contributed by atoms with Gasteiger partial charge in [-0.25, -0.2) is 4.79 Å². The van der Waals surface area contributed by atoms with Crippen LogP contribution in [0, 0.1) is 16.0 Å². The molecule has 0 aromatic heterocycles. The van der Waals surface area contributed by atoms with Crippen LogP contribution in [-0.2, 0) is 11.3 Å². The van der Waals surface area contributed by atoms with Crippen LogP contribution in [0.1, 0.15) is 52.0 Å². The van der Waals surface area contributed by atoms with Crippen LogP contribution in [0.5, 0.6) is 0 Å². The number of benzene rings is 1. The number of non-ortho nitro benzene ring substituents is 1. The number of nitrogens with two attached hydrogens (primary N) is 1. The van der Waals surface area contributed by atoms with Crippen LogP contribution in [0.25, 0.3) is 0 Å². The summed E-state index contributed by atoms with van der Waals surface area (Å²) in [6, 6.07) is 5.95. The van der Waals surface area contributed by atoms with Crippen molar-refractivity contribution in [1.29, 1.82) is 0 Å². The zero-order chi connectivity index (χ0) is 18.2. The number of hydrogen-bond donors (Lipinski definition) is 1. The molecule has 1 aromatic rings. The van der Waals surface area contributed by atoms with Gasteiger partial charge in [-0.15, -0.1) is 0 Å². The van der Waals surface area contributed by atoms with Crippen molar-refractivity contribution in [3.05, 3.63) is 39.9 Å². The minimum atomic E-state index is -0.614. The number of hydrogen-bond acceptors (Lipinski definition) is 6. The van der Waals surface area contributed by atoms with Gasteiger partial charge in [0.1, 0.15) is 6.61 Å². The van der Waals surface area contributed by atoms with Crippen LogP contribution in [0.3, 0.4) is 0 Å². The molecule has 7 heteroatoms. The normalized spacial score (nSPS) is 14.7. The third kappa shape index (κ3) is 6.88. The van der Waals surface area contributed by atoms with Crippen LogP contribution in [0.2, 0.25) is 0 Å². The minimum Gasteiger partial charge on any atom is -0.453 e. The van der Waals surface area contributed by atoms with Gasteiger partial charge in [0.15, 0.2) is 0 Å². The fraction of sp³-hybridized carbons (Fsp3) is 0.588. The Hall–Kier alpha value is -1.60. The summed E-state index contributed by atoms with van der Waals surface area (Å²) in [5, 5.41) is 10.2. The van der Waals surface area contributed by atoms with Crippen LogP contribution in [0.4, 0.5) is 10.5 Å². The van der Waals surface area contributed by atoms with Crippen molar-refractivity contribution in [2.24, 2.45) is 11.7 Å². The minimum absolute atomic E-state index is 0.0110. The lowest BCUT2D eigenvalue weighted by Gasteiger charge is -2.29. The Morgan fingerprint density at radius 3 is 2.50 bits per heavy atom. The fourth-order valence-electron chi connectivity index (χ4n) is 2.40. The monoisotopic (exact) mass is 354 g/mol. The Morgan fingerprint density at radius 2 is 2.00 bits per heavy atom. The molecule has 2 N–H and O–H groups in total. The number of carbonyl (C=O) groups excluding carboxylic acids is 1. The van der Waals surface area contributed by atoms with Crippen molar-refractivity contribution in [3.63, 3.8) is 0 Å². The highest BCUT2D eigenvalue weighted by Gasteiger charge is 2.30. The molecule has 2 unspecified atom stereocenters. The van der Waals surface area contributed by atoms with Crippen molar-refractivity contribution < 1.29 is 14.5 Å². The number of thioether (sulfide) groups is 1. The Balaban J connectivity index is 2.57. The summed E-state index contributed by atoms with van der Waals surface area (Å²) < 4.78 is 5.26. The van der Waals surface area contributed by atoms with Crippen molar-refractivity contribution in [1.82, 2.24) is 0 Å². The van der Waals surface area contributed by atoms with Gasteiger partial charge in [-0.1, -0.05) is 33.6 Å². The maximum Gasteiger partial charge on any atom is 0.369 e. The lowest BCUT2D eigenvalue weighted by Crippen LogP contribution is -2.39. The first-order chi connectivity index (χ1) is 11.3. The van der Waals surface area contributed by atoms with Crippen LogP contribution < -0.4 is 5.73 Å². The largest absolute Gasteiger partial charge is 0.453 e. The molecule has 0 bridgehead atoms. The first-order valence-corrected chi connectivity index (χ1v) is 8.99. The molecule has 0 spiro atoms. The van der Waals surface area contributed by atoms with E-state index in [4.69, 9.17) is 10.5 Å². The van der Waals surface area contributed by atoms with Gasteiger partial charge >= 0.3 is 5.30 Å². The Bertz CT molecular complexity index is 550. The van der Waals surface area contributed by atoms with Gasteiger partial charge in [-0.05, 0) is 48.2 Å². The van der Waals surface area contributed by atoms with Crippen molar-refractivity contribution in [3.8, 4) is 0 Å². The smallest absolute Gasteiger partial charge is 0.369 e. The average Bonchev–Trinajstić information content (AvgIpc) is 2.53. The lowest BCUT2D eigenvalue weighted by molar-refractivity contribution is -0.384. The quantitative estimate of drug-likeness (QED) is 0.294. The van der Waals surface area contributed by atoms with E-state index in [2.05, 4.69) is 13.8 Å². The predicted molar refractivity (Wildman–Crippen MR) is 96.8 cm³/mol. The Labute approximate surface area is 147 Å². The summed E-state index contributed by atoms with van der Waals surface area (Å²) in [5.41, 5.74) is 7.11. The first kappa shape index (κ1) is 20.4. The van der Waals surface area contributed by atoms with E-state index in [1.165, 1.54) is 12.1 Å². The van der Waals surface area contributed by atoms with Gasteiger partial charge in [-0.3, -0.25) is 10.1 Å². The summed E-state index contributed by atoms with van der Waals surface area (Å²) >= 11 is 1.05. The molecule has 0 saturated carbocycles. The molecule has 0 saturated heterocycles. The molecule has 0 fully saturated rings. The molecule has 1 aromatic carbocycles. The van der Waals surface area contributed by atoms with E-state index in [1.54, 1.807) is 12.1 Å². The summed E-state index contributed by atoms with van der Waals surface area (Å²) in [6.07, 6.45) is 3.42. The highest BCUT2D eigenvalue weighted by atomic mass is 32.2. The van der Waals surface area contributed by atoms with Crippen LogP contribution >= 0.6 is 11.8 Å². The Morgan fingerprint density at radius 1 is 1.38 bits per heavy atom. The summed E-state index contributed by atoms with van der Waals surface area (Å²) in [5.74, 6) is 0.441. The molecule has 1 rings (SSSR count). The number of rotatable bonds is 9. The molecule has 2 atom stereocenters. The number of nitrogens with zero attached hydrogens (tertiary/aromatic N) is 1. The van der Waals surface area contributed by atoms with Crippen molar-refractivity contribution >= 4 is 22.8 Å². The molecule has 0 radical (unpaired) electrons. The van der Waals surface area contributed by atoms with E-state index in [-0.39, 0.29) is 12.3 Å². The Kier molecular flexibility index (Phi) is 8.21. The topological polar surface area (TPSA) is 95.5 Å². The maximum atomic E-state index is 12.1. The molecule has 24 heavy (non-hydrogen) atoms. The van der Waals surface area contributed by atoms with Gasteiger partial charge in [0.2, 0.25) is 0 Å². The lowest BCUT2D eigenvalue weighted by atomic mass is 9.96. The van der Waals surface area contributed by atoms with Gasteiger partial charge < -0.3 is 10.5 Å². The first-order valence-electron chi connectivity index (χ1n) is 8.17. The van der Waals surface area contributed by atoms with E-state index in [1.807, 2.05) is 6.92 Å². The maximum absolute atomic E-state index is 12.1. The molecule has 0 aliphatic heterocycles. The van der Waals surface area contributed by atoms with Crippen molar-refractivity contribution in [2.75, 3.05) is 0 Å². The summed E-state index contributed by atoms with van der Waals surface area (Å²) in [7, 11) is 0. The molecule has 0 aliphatic carbocycles. The summed E-state index contributed by atoms with van der Waals surface area (Å²) in [6.45, 7) is 6.35. The summed E-state index contributed by atoms with van der Waals surface area (Å²) in [4.78, 5) is 21.6. The van der Waals surface area contributed by atoms with Gasteiger partial charge in [0.05, 0.1) is 9.79 Å². The van der Waals surface area contributed by atoms with E-state index in [9.17, 15) is 14.9 Å². The third-order valence-electron chi connectivity index (χ3n) is 3.85. The fourth-order valence-corrected chi connectivity index (χ4v) is 3.53. The van der Waals surface area contributed by atoms with Gasteiger partial charge in [0.25, 0.3) is 5.69 Å². The third-order valence-corrected chi connectivity index (χ3v) is 4.92. The second-order valence-electron chi connectivity index (χ2n) is 6.10. The second-order valence-corrected chi connectivity index (χ2v) is 7.45. The zero-order valence-corrected chi connectivity index (χ0v) is 15.3. The van der Waals surface area contributed by atoms with E-state index < -0.39 is 15.1 Å². The van der Waals surface area contributed by atoms with Gasteiger partial charge in [0, 0.05) is 12.1 Å². The molecular weight excluding hydrogens is 328 g/mol. The van der Waals surface area contributed by atoms with E-state index >= 15 is 0 Å². The molecule has 6 nitrogen and oxygen atoms in total. The number of nitro groups is 1. The number of ether oxygens (including phenoxy) is 1. The number of nitro benzene ring substituents is 1. The standard InChI is InChI=1S/C17H26N2O4S/c1-4-10-17(18,11-13(3)5-2)24-16(20)23-12-14-6-8-15(9-7-14)19(21)22/h6-9,13H,4-5,10-12,18H2,1-3H3. The molecule has 0 heterocycles. The van der Waals surface area contributed by atoms with Crippen LogP contribution in [0.15, 0.2) is 24.3 Å². The molecular formula is C17H26N2O4S. The average molecular weight is 354 g/mol. The molecule has 0 amide bonds. The van der Waals surface area contributed by atoms with E-state index in [0.717, 1.165) is 37.4 Å². The zero-order valence-electron chi connectivity index (χ0n) is 14.5. The molecule has 0 aliphatic rings.